The molecule has 0 aliphatic rings. The highest BCUT2D eigenvalue weighted by Crippen LogP contribution is 2.15. The summed E-state index contributed by atoms with van der Waals surface area (Å²) in [4.78, 5) is 11.6. The molecule has 0 radical (unpaired) electrons. The molecule has 102 valence electrons. The molecule has 3 rings (SSSR count). The first-order chi connectivity index (χ1) is 9.70. The molecule has 20 heavy (non-hydrogen) atoms. The lowest BCUT2D eigenvalue weighted by molar-refractivity contribution is 0.629. The van der Waals surface area contributed by atoms with Gasteiger partial charge in [0.2, 0.25) is 0 Å². The molecule has 1 aromatic carbocycles. The maximum atomic E-state index is 13.1. The number of hydrogen-bond donors (Lipinski definition) is 2. The molecule has 6 heteroatoms. The number of rotatable bonds is 4. The third-order valence-electron chi connectivity index (χ3n) is 2.89. The molecule has 2 aromatic heterocycles. The van der Waals surface area contributed by atoms with Crippen LogP contribution in [0.4, 0.5) is 10.1 Å². The molecule has 0 saturated carbocycles. The molecule has 0 amide bonds. The zero-order valence-corrected chi connectivity index (χ0v) is 12.1. The minimum atomic E-state index is -0.258. The third-order valence-corrected chi connectivity index (χ3v) is 3.32. The standard InChI is InChI=1S/C14H12BrFN4/c15-9-5-11(8-17-7-9)18-4-3-14-19-12-2-1-10(16)6-13(12)20-14/h1-2,5-8,18H,3-4H2,(H,19,20). The topological polar surface area (TPSA) is 53.6 Å². The summed E-state index contributed by atoms with van der Waals surface area (Å²) < 4.78 is 14.0. The number of halogens is 2. The number of aromatic nitrogens is 3. The summed E-state index contributed by atoms with van der Waals surface area (Å²) in [5.41, 5.74) is 2.45. The van der Waals surface area contributed by atoms with Gasteiger partial charge in [0.1, 0.15) is 11.6 Å². The number of anilines is 1. The van der Waals surface area contributed by atoms with Crippen molar-refractivity contribution in [1.29, 1.82) is 0 Å². The van der Waals surface area contributed by atoms with E-state index in [2.05, 4.69) is 36.2 Å². The van der Waals surface area contributed by atoms with Gasteiger partial charge >= 0.3 is 0 Å². The van der Waals surface area contributed by atoms with Crippen LogP contribution in [0.1, 0.15) is 5.82 Å². The number of aromatic amines is 1. The maximum Gasteiger partial charge on any atom is 0.125 e. The number of hydrogen-bond acceptors (Lipinski definition) is 3. The smallest absolute Gasteiger partial charge is 0.125 e. The molecule has 0 aliphatic heterocycles. The van der Waals surface area contributed by atoms with Gasteiger partial charge < -0.3 is 10.3 Å². The van der Waals surface area contributed by atoms with E-state index in [-0.39, 0.29) is 5.82 Å². The number of benzene rings is 1. The molecule has 2 N–H and O–H groups in total. The number of nitrogens with zero attached hydrogens (tertiary/aromatic N) is 2. The van der Waals surface area contributed by atoms with Gasteiger partial charge in [0.15, 0.2) is 0 Å². The van der Waals surface area contributed by atoms with Gasteiger partial charge in [0.25, 0.3) is 0 Å². The Balaban J connectivity index is 1.65. The lowest BCUT2D eigenvalue weighted by Gasteiger charge is -2.04. The van der Waals surface area contributed by atoms with Gasteiger partial charge in [-0.05, 0) is 40.2 Å². The Hall–Kier alpha value is -1.95. The van der Waals surface area contributed by atoms with Crippen LogP contribution in [0.2, 0.25) is 0 Å². The Morgan fingerprint density at radius 2 is 2.15 bits per heavy atom. The quantitative estimate of drug-likeness (QED) is 0.767. The molecule has 4 nitrogen and oxygen atoms in total. The second-order valence-corrected chi connectivity index (χ2v) is 5.33. The van der Waals surface area contributed by atoms with Crippen LogP contribution in [0, 0.1) is 5.82 Å². The summed E-state index contributed by atoms with van der Waals surface area (Å²) in [6.07, 6.45) is 4.22. The zero-order valence-electron chi connectivity index (χ0n) is 10.5. The van der Waals surface area contributed by atoms with Gasteiger partial charge in [-0.3, -0.25) is 4.98 Å². The predicted octanol–water partition coefficient (Wildman–Crippen LogP) is 3.51. The van der Waals surface area contributed by atoms with Crippen LogP contribution in [0.5, 0.6) is 0 Å². The summed E-state index contributed by atoms with van der Waals surface area (Å²) in [6.45, 7) is 0.723. The Bertz CT molecular complexity index is 741. The van der Waals surface area contributed by atoms with Crippen LogP contribution in [0.15, 0.2) is 41.1 Å². The highest BCUT2D eigenvalue weighted by atomic mass is 79.9. The fourth-order valence-electron chi connectivity index (χ4n) is 1.99. The van der Waals surface area contributed by atoms with E-state index >= 15 is 0 Å². The van der Waals surface area contributed by atoms with Gasteiger partial charge in [-0.25, -0.2) is 9.37 Å². The molecule has 0 aliphatic carbocycles. The van der Waals surface area contributed by atoms with Gasteiger partial charge in [-0.15, -0.1) is 0 Å². The number of H-pyrrole nitrogens is 1. The summed E-state index contributed by atoms with van der Waals surface area (Å²) >= 11 is 3.37. The molecular formula is C14H12BrFN4. The minimum absolute atomic E-state index is 0.258. The van der Waals surface area contributed by atoms with E-state index in [1.165, 1.54) is 12.1 Å². The molecule has 0 fully saturated rings. The lowest BCUT2D eigenvalue weighted by atomic mass is 10.3. The highest BCUT2D eigenvalue weighted by Gasteiger charge is 2.03. The van der Waals surface area contributed by atoms with E-state index in [4.69, 9.17) is 0 Å². The molecule has 0 saturated heterocycles. The Labute approximate surface area is 123 Å². The summed E-state index contributed by atoms with van der Waals surface area (Å²) in [5.74, 6) is 0.576. The van der Waals surface area contributed by atoms with E-state index in [1.54, 1.807) is 18.5 Å². The first-order valence-corrected chi connectivity index (χ1v) is 6.98. The number of pyridine rings is 1. The van der Waals surface area contributed by atoms with Crippen molar-refractivity contribution in [2.24, 2.45) is 0 Å². The van der Waals surface area contributed by atoms with E-state index in [1.807, 2.05) is 6.07 Å². The Morgan fingerprint density at radius 1 is 1.25 bits per heavy atom. The van der Waals surface area contributed by atoms with Crippen molar-refractivity contribution in [1.82, 2.24) is 15.0 Å². The van der Waals surface area contributed by atoms with Crippen molar-refractivity contribution < 1.29 is 4.39 Å². The minimum Gasteiger partial charge on any atom is -0.383 e. The number of imidazole rings is 1. The highest BCUT2D eigenvalue weighted by molar-refractivity contribution is 9.10. The average Bonchev–Trinajstić information content (AvgIpc) is 2.80. The molecule has 0 bridgehead atoms. The third kappa shape index (κ3) is 2.96. The lowest BCUT2D eigenvalue weighted by Crippen LogP contribution is -2.06. The van der Waals surface area contributed by atoms with Crippen molar-refractivity contribution >= 4 is 32.7 Å². The van der Waals surface area contributed by atoms with Gasteiger partial charge in [0.05, 0.1) is 22.9 Å². The maximum absolute atomic E-state index is 13.1. The van der Waals surface area contributed by atoms with Crippen LogP contribution in [-0.2, 0) is 6.42 Å². The zero-order chi connectivity index (χ0) is 13.9. The van der Waals surface area contributed by atoms with Gasteiger partial charge in [-0.1, -0.05) is 0 Å². The fourth-order valence-corrected chi connectivity index (χ4v) is 2.35. The molecule has 2 heterocycles. The monoisotopic (exact) mass is 334 g/mol. The van der Waals surface area contributed by atoms with E-state index < -0.39 is 0 Å². The van der Waals surface area contributed by atoms with Crippen molar-refractivity contribution in [3.05, 3.63) is 52.8 Å². The Morgan fingerprint density at radius 3 is 3.00 bits per heavy atom. The molecule has 0 unspecified atom stereocenters. The van der Waals surface area contributed by atoms with Crippen LogP contribution >= 0.6 is 15.9 Å². The fraction of sp³-hybridized carbons (Fsp3) is 0.143. The molecule has 3 aromatic rings. The second-order valence-electron chi connectivity index (χ2n) is 4.41. The van der Waals surface area contributed by atoms with Crippen molar-refractivity contribution in [3.8, 4) is 0 Å². The number of fused-ring (bicyclic) bond motifs is 1. The largest absolute Gasteiger partial charge is 0.383 e. The number of nitrogens with one attached hydrogen (secondary N) is 2. The first-order valence-electron chi connectivity index (χ1n) is 6.19. The second kappa shape index (κ2) is 5.58. The molecular weight excluding hydrogens is 323 g/mol. The van der Waals surface area contributed by atoms with Crippen LogP contribution in [-0.4, -0.2) is 21.5 Å². The Kier molecular flexibility index (Phi) is 3.64. The SMILES string of the molecule is Fc1ccc2nc(CCNc3cncc(Br)c3)[nH]c2c1. The van der Waals surface area contributed by atoms with Crippen LogP contribution < -0.4 is 5.32 Å². The average molecular weight is 335 g/mol. The van der Waals surface area contributed by atoms with E-state index in [9.17, 15) is 4.39 Å². The molecule has 0 spiro atoms. The van der Waals surface area contributed by atoms with Gasteiger partial charge in [0, 0.05) is 23.6 Å². The summed E-state index contributed by atoms with van der Waals surface area (Å²) in [7, 11) is 0. The summed E-state index contributed by atoms with van der Waals surface area (Å²) in [6, 6.07) is 6.51. The van der Waals surface area contributed by atoms with Crippen LogP contribution in [0.3, 0.4) is 0 Å². The summed E-state index contributed by atoms with van der Waals surface area (Å²) in [5, 5.41) is 3.26. The van der Waals surface area contributed by atoms with E-state index in [0.29, 0.717) is 0 Å². The predicted molar refractivity (Wildman–Crippen MR) is 80.2 cm³/mol. The van der Waals surface area contributed by atoms with Gasteiger partial charge in [-0.2, -0.15) is 0 Å². The van der Waals surface area contributed by atoms with Crippen molar-refractivity contribution in [2.45, 2.75) is 6.42 Å². The molecule has 0 atom stereocenters. The normalized spacial score (nSPS) is 10.9. The van der Waals surface area contributed by atoms with Crippen molar-refractivity contribution in [2.75, 3.05) is 11.9 Å². The van der Waals surface area contributed by atoms with Crippen LogP contribution in [0.25, 0.3) is 11.0 Å². The van der Waals surface area contributed by atoms with E-state index in [0.717, 1.165) is 40.0 Å². The van der Waals surface area contributed by atoms with Crippen molar-refractivity contribution in [3.63, 3.8) is 0 Å². The first kappa shape index (κ1) is 13.1.